The Hall–Kier alpha value is -2.64. The van der Waals surface area contributed by atoms with Gasteiger partial charge in [-0.2, -0.15) is 0 Å². The first-order valence-electron chi connectivity index (χ1n) is 14.5. The molecule has 2 aliphatic carbocycles. The van der Waals surface area contributed by atoms with Crippen LogP contribution in [-0.2, 0) is 0 Å². The number of rotatable bonds is 7. The fourth-order valence-electron chi connectivity index (χ4n) is 7.03. The van der Waals surface area contributed by atoms with Crippen molar-refractivity contribution in [3.05, 3.63) is 114 Å². The minimum absolute atomic E-state index is 0.518. The SMILES string of the molecule is CC(C)c1cccc([Si](c2cccc(C(C)C)c2)(c2cccc(C(C)C)c2)C2CCC3C=CC=CC32)c1. The van der Waals surface area contributed by atoms with Crippen molar-refractivity contribution in [2.24, 2.45) is 11.8 Å². The minimum atomic E-state index is -2.42. The molecule has 0 bridgehead atoms. The van der Waals surface area contributed by atoms with Gasteiger partial charge in [0.1, 0.15) is 0 Å². The van der Waals surface area contributed by atoms with Gasteiger partial charge in [0, 0.05) is 0 Å². The first-order valence-corrected chi connectivity index (χ1v) is 16.6. The molecule has 1 heteroatoms. The molecule has 2 aliphatic rings. The van der Waals surface area contributed by atoms with Crippen LogP contribution in [0.1, 0.15) is 88.8 Å². The molecular weight excluding hydrogens is 460 g/mol. The number of allylic oxidation sites excluding steroid dienone is 4. The standard InChI is InChI=1S/C36H44Si/c1-25(2)29-13-9-16-32(22-29)37(33-17-10-14-30(23-33)26(3)4,34-18-11-15-31(24-34)27(5)6)36-21-20-28-12-7-8-19-35(28)36/h7-19,22-28,35-36H,20-21H2,1-6H3. The highest BCUT2D eigenvalue weighted by Crippen LogP contribution is 2.49. The third-order valence-corrected chi connectivity index (χ3v) is 14.6. The molecule has 0 radical (unpaired) electrons. The van der Waals surface area contributed by atoms with Gasteiger partial charge in [0.15, 0.2) is 8.07 Å². The van der Waals surface area contributed by atoms with Crippen LogP contribution < -0.4 is 15.6 Å². The molecule has 3 atom stereocenters. The van der Waals surface area contributed by atoms with Gasteiger partial charge in [-0.05, 0) is 73.8 Å². The highest BCUT2D eigenvalue weighted by atomic mass is 28.3. The van der Waals surface area contributed by atoms with Crippen LogP contribution in [-0.4, -0.2) is 8.07 Å². The zero-order chi connectivity index (χ0) is 26.2. The molecular formula is C36H44Si. The van der Waals surface area contributed by atoms with Gasteiger partial charge < -0.3 is 0 Å². The van der Waals surface area contributed by atoms with Crippen LogP contribution in [0.5, 0.6) is 0 Å². The third-order valence-electron chi connectivity index (χ3n) is 9.15. The molecule has 0 aliphatic heterocycles. The fraction of sp³-hybridized carbons (Fsp3) is 0.389. The Labute approximate surface area is 226 Å². The van der Waals surface area contributed by atoms with Crippen molar-refractivity contribution in [1.29, 1.82) is 0 Å². The summed E-state index contributed by atoms with van der Waals surface area (Å²) in [4.78, 5) is 0. The maximum atomic E-state index is 2.59. The molecule has 0 saturated heterocycles. The van der Waals surface area contributed by atoms with Crippen LogP contribution in [0.25, 0.3) is 0 Å². The fourth-order valence-corrected chi connectivity index (χ4v) is 13.1. The molecule has 0 heterocycles. The van der Waals surface area contributed by atoms with Crippen molar-refractivity contribution >= 4 is 23.6 Å². The predicted octanol–water partition coefficient (Wildman–Crippen LogP) is 8.05. The Morgan fingerprint density at radius 1 is 0.568 bits per heavy atom. The molecule has 0 aromatic heterocycles. The lowest BCUT2D eigenvalue weighted by Gasteiger charge is -2.43. The van der Waals surface area contributed by atoms with E-state index in [4.69, 9.17) is 0 Å². The number of fused-ring (bicyclic) bond motifs is 1. The molecule has 0 spiro atoms. The second-order valence-electron chi connectivity index (χ2n) is 12.3. The van der Waals surface area contributed by atoms with Crippen molar-refractivity contribution in [1.82, 2.24) is 0 Å². The Morgan fingerprint density at radius 2 is 1.00 bits per heavy atom. The molecule has 3 aromatic rings. The smallest absolute Gasteiger partial charge is 0.0808 e. The lowest BCUT2D eigenvalue weighted by Crippen LogP contribution is -2.70. The van der Waals surface area contributed by atoms with E-state index in [0.29, 0.717) is 35.1 Å². The molecule has 0 amide bonds. The lowest BCUT2D eigenvalue weighted by atomic mass is 9.92. The Balaban J connectivity index is 1.87. The average Bonchev–Trinajstić information content (AvgIpc) is 3.34. The Kier molecular flexibility index (Phi) is 7.45. The summed E-state index contributed by atoms with van der Waals surface area (Å²) in [6, 6.07) is 29.3. The van der Waals surface area contributed by atoms with Gasteiger partial charge >= 0.3 is 0 Å². The third kappa shape index (κ3) is 4.72. The molecule has 192 valence electrons. The monoisotopic (exact) mass is 504 g/mol. The number of hydrogen-bond donors (Lipinski definition) is 0. The van der Waals surface area contributed by atoms with Gasteiger partial charge in [-0.25, -0.2) is 0 Å². The van der Waals surface area contributed by atoms with Crippen molar-refractivity contribution in [3.63, 3.8) is 0 Å². The Bertz CT molecular complexity index is 1170. The minimum Gasteiger partial charge on any atom is -0.0808 e. The zero-order valence-corrected chi connectivity index (χ0v) is 24.6. The van der Waals surface area contributed by atoms with E-state index in [0.717, 1.165) is 0 Å². The largest absolute Gasteiger partial charge is 0.151 e. The van der Waals surface area contributed by atoms with Crippen molar-refractivity contribution in [2.75, 3.05) is 0 Å². The predicted molar refractivity (Wildman–Crippen MR) is 164 cm³/mol. The van der Waals surface area contributed by atoms with Crippen molar-refractivity contribution < 1.29 is 0 Å². The number of hydrogen-bond acceptors (Lipinski definition) is 0. The van der Waals surface area contributed by atoms with Gasteiger partial charge in [0.25, 0.3) is 0 Å². The van der Waals surface area contributed by atoms with Gasteiger partial charge in [-0.1, -0.05) is 145 Å². The molecule has 1 saturated carbocycles. The topological polar surface area (TPSA) is 0 Å². The summed E-state index contributed by atoms with van der Waals surface area (Å²) in [7, 11) is -2.42. The second kappa shape index (κ2) is 10.6. The molecule has 0 N–H and O–H groups in total. The highest BCUT2D eigenvalue weighted by Gasteiger charge is 2.53. The summed E-state index contributed by atoms with van der Waals surface area (Å²) in [5.41, 5.74) is 5.01. The summed E-state index contributed by atoms with van der Waals surface area (Å²) < 4.78 is 0. The first kappa shape index (κ1) is 26.0. The molecule has 3 unspecified atom stereocenters. The van der Waals surface area contributed by atoms with Gasteiger partial charge in [-0.3, -0.25) is 0 Å². The molecule has 37 heavy (non-hydrogen) atoms. The average molecular weight is 505 g/mol. The highest BCUT2D eigenvalue weighted by molar-refractivity contribution is 7.12. The summed E-state index contributed by atoms with van der Waals surface area (Å²) in [5, 5.41) is 4.78. The van der Waals surface area contributed by atoms with E-state index in [1.54, 1.807) is 15.6 Å². The van der Waals surface area contributed by atoms with Crippen molar-refractivity contribution in [2.45, 2.75) is 77.7 Å². The normalized spacial score (nSPS) is 21.3. The van der Waals surface area contributed by atoms with Crippen LogP contribution in [0.4, 0.5) is 0 Å². The molecule has 1 fully saturated rings. The number of benzene rings is 3. The Morgan fingerprint density at radius 3 is 1.43 bits per heavy atom. The lowest BCUT2D eigenvalue weighted by molar-refractivity contribution is 0.548. The van der Waals surface area contributed by atoms with E-state index in [1.165, 1.54) is 29.5 Å². The van der Waals surface area contributed by atoms with Crippen LogP contribution in [0.3, 0.4) is 0 Å². The molecule has 3 aromatic carbocycles. The second-order valence-corrected chi connectivity index (χ2v) is 16.4. The zero-order valence-electron chi connectivity index (χ0n) is 23.6. The van der Waals surface area contributed by atoms with Crippen LogP contribution in [0, 0.1) is 11.8 Å². The van der Waals surface area contributed by atoms with E-state index in [1.807, 2.05) is 0 Å². The van der Waals surface area contributed by atoms with Crippen LogP contribution >= 0.6 is 0 Å². The van der Waals surface area contributed by atoms with E-state index in [2.05, 4.69) is 139 Å². The van der Waals surface area contributed by atoms with E-state index in [9.17, 15) is 0 Å². The molecule has 0 nitrogen and oxygen atoms in total. The summed E-state index contributed by atoms with van der Waals surface area (Å²) in [6.45, 7) is 14.0. The van der Waals surface area contributed by atoms with Gasteiger partial charge in [-0.15, -0.1) is 0 Å². The maximum Gasteiger partial charge on any atom is 0.151 e. The van der Waals surface area contributed by atoms with Gasteiger partial charge in [0.2, 0.25) is 0 Å². The van der Waals surface area contributed by atoms with E-state index in [-0.39, 0.29) is 0 Å². The first-order chi connectivity index (χ1) is 17.8. The molecule has 5 rings (SSSR count). The summed E-state index contributed by atoms with van der Waals surface area (Å²) in [5.74, 6) is 2.82. The summed E-state index contributed by atoms with van der Waals surface area (Å²) in [6.07, 6.45) is 12.2. The maximum absolute atomic E-state index is 2.59. The van der Waals surface area contributed by atoms with E-state index >= 15 is 0 Å². The van der Waals surface area contributed by atoms with E-state index < -0.39 is 8.07 Å². The quantitative estimate of drug-likeness (QED) is 0.225. The van der Waals surface area contributed by atoms with Crippen LogP contribution in [0.2, 0.25) is 5.54 Å². The summed E-state index contributed by atoms with van der Waals surface area (Å²) >= 11 is 0. The van der Waals surface area contributed by atoms with Crippen LogP contribution in [0.15, 0.2) is 97.1 Å². The van der Waals surface area contributed by atoms with Crippen molar-refractivity contribution in [3.8, 4) is 0 Å². The van der Waals surface area contributed by atoms with Gasteiger partial charge in [0.05, 0.1) is 0 Å².